The summed E-state index contributed by atoms with van der Waals surface area (Å²) < 4.78 is 0. The van der Waals surface area contributed by atoms with Gasteiger partial charge >= 0.3 is 0 Å². The third-order valence-corrected chi connectivity index (χ3v) is 11.6. The Balaban J connectivity index is 1.28. The molecule has 2 N–H and O–H groups in total. The van der Waals surface area contributed by atoms with E-state index in [1.807, 2.05) is 0 Å². The van der Waals surface area contributed by atoms with Crippen LogP contribution in [0.15, 0.2) is 65.7 Å². The molecule has 2 aromatic rings. The molecule has 0 amide bonds. The van der Waals surface area contributed by atoms with Crippen molar-refractivity contribution in [1.29, 1.82) is 0 Å². The van der Waals surface area contributed by atoms with Crippen molar-refractivity contribution in [2.75, 3.05) is 6.54 Å². The van der Waals surface area contributed by atoms with Gasteiger partial charge in [-0.2, -0.15) is 11.8 Å². The quantitative estimate of drug-likeness (QED) is 0.447. The SMILES string of the molecule is NCC1CCC(=NC(=S)C23CC4CC(c5ccccc5)(CC2C4SCc2ccccc2)C3)CC1. The average molecular weight is 489 g/mol. The van der Waals surface area contributed by atoms with Crippen LogP contribution in [0, 0.1) is 23.2 Å². The molecule has 5 unspecified atom stereocenters. The van der Waals surface area contributed by atoms with E-state index >= 15 is 0 Å². The Labute approximate surface area is 214 Å². The Morgan fingerprint density at radius 1 is 0.971 bits per heavy atom. The summed E-state index contributed by atoms with van der Waals surface area (Å²) in [5.74, 6) is 3.17. The minimum atomic E-state index is 0.111. The molecule has 4 heteroatoms. The van der Waals surface area contributed by atoms with E-state index in [0.717, 1.165) is 36.0 Å². The molecule has 2 aromatic carbocycles. The molecule has 0 saturated heterocycles. The van der Waals surface area contributed by atoms with Gasteiger partial charge in [0.25, 0.3) is 0 Å². The highest BCUT2D eigenvalue weighted by Crippen LogP contribution is 2.73. The highest BCUT2D eigenvalue weighted by atomic mass is 32.2. The van der Waals surface area contributed by atoms with Gasteiger partial charge in [0.2, 0.25) is 0 Å². The molecule has 0 radical (unpaired) electrons. The number of rotatable bonds is 6. The fourth-order valence-electron chi connectivity index (χ4n) is 7.92. The van der Waals surface area contributed by atoms with Crippen molar-refractivity contribution in [2.24, 2.45) is 33.9 Å². The summed E-state index contributed by atoms with van der Waals surface area (Å²) in [6.07, 6.45) is 9.58. The third-order valence-electron chi connectivity index (χ3n) is 9.49. The zero-order valence-corrected chi connectivity index (χ0v) is 21.6. The topological polar surface area (TPSA) is 38.4 Å². The largest absolute Gasteiger partial charge is 0.330 e. The smallest absolute Gasteiger partial charge is 0.109 e. The Morgan fingerprint density at radius 3 is 2.38 bits per heavy atom. The lowest BCUT2D eigenvalue weighted by Gasteiger charge is -2.43. The molecular formula is C30H36N2S2. The van der Waals surface area contributed by atoms with Gasteiger partial charge in [0.15, 0.2) is 0 Å². The fraction of sp³-hybridized carbons (Fsp3) is 0.533. The van der Waals surface area contributed by atoms with E-state index in [4.69, 9.17) is 22.9 Å². The summed E-state index contributed by atoms with van der Waals surface area (Å²) in [5.41, 5.74) is 10.7. The van der Waals surface area contributed by atoms with E-state index in [1.165, 1.54) is 55.4 Å². The van der Waals surface area contributed by atoms with Crippen LogP contribution in [0.5, 0.6) is 0 Å². The molecule has 5 aliphatic carbocycles. The summed E-state index contributed by atoms with van der Waals surface area (Å²) in [6.45, 7) is 0.811. The third kappa shape index (κ3) is 3.90. The molecule has 178 valence electrons. The maximum Gasteiger partial charge on any atom is 0.109 e. The minimum absolute atomic E-state index is 0.111. The summed E-state index contributed by atoms with van der Waals surface area (Å²) in [6, 6.07) is 22.3. The lowest BCUT2D eigenvalue weighted by Crippen LogP contribution is -2.38. The lowest BCUT2D eigenvalue weighted by atomic mass is 9.63. The van der Waals surface area contributed by atoms with Crippen LogP contribution >= 0.6 is 24.0 Å². The first-order valence-electron chi connectivity index (χ1n) is 13.1. The molecular weight excluding hydrogens is 452 g/mol. The van der Waals surface area contributed by atoms with E-state index in [2.05, 4.69) is 72.4 Å². The number of benzene rings is 2. The Morgan fingerprint density at radius 2 is 1.68 bits per heavy atom. The van der Waals surface area contributed by atoms with Crippen LogP contribution in [-0.4, -0.2) is 22.5 Å². The van der Waals surface area contributed by atoms with Gasteiger partial charge < -0.3 is 5.73 Å². The second kappa shape index (κ2) is 9.19. The molecule has 34 heavy (non-hydrogen) atoms. The number of nitrogens with zero attached hydrogens (tertiary/aromatic N) is 1. The van der Waals surface area contributed by atoms with Gasteiger partial charge in [0, 0.05) is 22.1 Å². The first-order valence-corrected chi connectivity index (χ1v) is 14.6. The van der Waals surface area contributed by atoms with Crippen molar-refractivity contribution < 1.29 is 0 Å². The number of aliphatic imine (C=N–C) groups is 1. The van der Waals surface area contributed by atoms with Gasteiger partial charge in [-0.3, -0.25) is 4.99 Å². The molecule has 5 aliphatic rings. The number of thiocarbonyl (C=S) groups is 1. The second-order valence-electron chi connectivity index (χ2n) is 11.4. The van der Waals surface area contributed by atoms with Crippen molar-refractivity contribution in [1.82, 2.24) is 0 Å². The van der Waals surface area contributed by atoms with Crippen LogP contribution in [-0.2, 0) is 11.2 Å². The van der Waals surface area contributed by atoms with Gasteiger partial charge in [-0.25, -0.2) is 0 Å². The van der Waals surface area contributed by atoms with E-state index in [9.17, 15) is 0 Å². The molecule has 5 saturated carbocycles. The van der Waals surface area contributed by atoms with E-state index in [0.29, 0.717) is 22.5 Å². The van der Waals surface area contributed by atoms with Crippen molar-refractivity contribution in [3.8, 4) is 0 Å². The normalized spacial score (nSPS) is 36.1. The van der Waals surface area contributed by atoms with Crippen LogP contribution in [0.25, 0.3) is 0 Å². The maximum absolute atomic E-state index is 6.26. The number of nitrogens with two attached hydrogens (primary N) is 1. The van der Waals surface area contributed by atoms with Gasteiger partial charge in [-0.1, -0.05) is 72.9 Å². The number of hydrogen-bond donors (Lipinski definition) is 1. The van der Waals surface area contributed by atoms with Gasteiger partial charge in [0.05, 0.1) is 0 Å². The highest BCUT2D eigenvalue weighted by molar-refractivity contribution is 7.99. The molecule has 0 spiro atoms. The first kappa shape index (κ1) is 22.9. The molecule has 0 aromatic heterocycles. The van der Waals surface area contributed by atoms with E-state index in [1.54, 1.807) is 0 Å². The molecule has 5 atom stereocenters. The summed E-state index contributed by atoms with van der Waals surface area (Å²) >= 11 is 8.46. The van der Waals surface area contributed by atoms with Crippen molar-refractivity contribution in [2.45, 2.75) is 67.8 Å². The predicted octanol–water partition coefficient (Wildman–Crippen LogP) is 6.96. The summed E-state index contributed by atoms with van der Waals surface area (Å²) in [5, 5.41) is 0.700. The highest BCUT2D eigenvalue weighted by Gasteiger charge is 2.69. The molecule has 5 fully saturated rings. The van der Waals surface area contributed by atoms with Gasteiger partial charge in [-0.05, 0) is 92.2 Å². The zero-order chi connectivity index (χ0) is 23.2. The average Bonchev–Trinajstić information content (AvgIpc) is 3.26. The number of hydrogen-bond acceptors (Lipinski definition) is 3. The molecule has 4 bridgehead atoms. The molecule has 0 heterocycles. The minimum Gasteiger partial charge on any atom is -0.330 e. The van der Waals surface area contributed by atoms with Gasteiger partial charge in [0.1, 0.15) is 4.99 Å². The van der Waals surface area contributed by atoms with E-state index < -0.39 is 0 Å². The van der Waals surface area contributed by atoms with Crippen molar-refractivity contribution >= 4 is 34.7 Å². The van der Waals surface area contributed by atoms with E-state index in [-0.39, 0.29) is 5.41 Å². The molecule has 2 nitrogen and oxygen atoms in total. The Bertz CT molecular complexity index is 1060. The summed E-state index contributed by atoms with van der Waals surface area (Å²) in [7, 11) is 0. The van der Waals surface area contributed by atoms with Crippen molar-refractivity contribution in [3.05, 3.63) is 71.8 Å². The second-order valence-corrected chi connectivity index (χ2v) is 12.9. The fourth-order valence-corrected chi connectivity index (χ4v) is 9.99. The molecule has 7 rings (SSSR count). The maximum atomic E-state index is 6.26. The Kier molecular flexibility index (Phi) is 6.20. The van der Waals surface area contributed by atoms with Crippen LogP contribution in [0.4, 0.5) is 0 Å². The Hall–Kier alpha value is -1.49. The van der Waals surface area contributed by atoms with Crippen LogP contribution in [0.2, 0.25) is 0 Å². The zero-order valence-electron chi connectivity index (χ0n) is 20.0. The molecule has 0 aliphatic heterocycles. The lowest BCUT2D eigenvalue weighted by molar-refractivity contribution is 0.221. The monoisotopic (exact) mass is 488 g/mol. The first-order chi connectivity index (χ1) is 16.6. The van der Waals surface area contributed by atoms with Crippen LogP contribution < -0.4 is 5.73 Å². The van der Waals surface area contributed by atoms with Crippen LogP contribution in [0.3, 0.4) is 0 Å². The summed E-state index contributed by atoms with van der Waals surface area (Å²) in [4.78, 5) is 6.30. The van der Waals surface area contributed by atoms with Crippen molar-refractivity contribution in [3.63, 3.8) is 0 Å². The van der Waals surface area contributed by atoms with Crippen LogP contribution in [0.1, 0.15) is 62.5 Å². The predicted molar refractivity (Wildman–Crippen MR) is 149 cm³/mol. The van der Waals surface area contributed by atoms with Gasteiger partial charge in [-0.15, -0.1) is 0 Å². The standard InChI is InChI=1S/C30H36N2S2/c31-18-21-11-13-25(14-12-21)32-28(33)30-16-23-15-29(20-30,24-9-5-2-6-10-24)17-26(30)27(23)34-19-22-7-3-1-4-8-22/h1-10,21,23,26-27H,11-20,31H2. The number of thioether (sulfide) groups is 1.